The standard InChI is InChI=1S/C18H22N4O2/c1-13-6-4-5-10-20(13)16(23)12-22-15-8-3-2-7-14(15)17-19-9-11-21(17)18(22)24/h2-3,7-8,13H,4-6,9-12H2,1H3. The fourth-order valence-electron chi connectivity index (χ4n) is 3.86. The Balaban J connectivity index is 1.63. The summed E-state index contributed by atoms with van der Waals surface area (Å²) >= 11 is 0. The molecule has 1 atom stereocenters. The molecule has 1 aromatic carbocycles. The molecule has 1 fully saturated rings. The SMILES string of the molecule is CC1CCCCN1C(=O)CN1C(=O)N2CCN=C2c2ccccc21. The molecule has 0 N–H and O–H groups in total. The van der Waals surface area contributed by atoms with E-state index in [1.165, 1.54) is 6.42 Å². The molecule has 1 unspecified atom stereocenters. The van der Waals surface area contributed by atoms with Crippen molar-refractivity contribution >= 4 is 23.5 Å². The number of carbonyl (C=O) groups excluding carboxylic acids is 2. The largest absolute Gasteiger partial charge is 0.338 e. The zero-order chi connectivity index (χ0) is 16.7. The van der Waals surface area contributed by atoms with Crippen molar-refractivity contribution < 1.29 is 9.59 Å². The quantitative estimate of drug-likeness (QED) is 0.835. The van der Waals surface area contributed by atoms with Gasteiger partial charge in [0.2, 0.25) is 5.91 Å². The molecule has 6 heteroatoms. The second-order valence-corrected chi connectivity index (χ2v) is 6.67. The highest BCUT2D eigenvalue weighted by Crippen LogP contribution is 2.31. The van der Waals surface area contributed by atoms with Gasteiger partial charge in [0.15, 0.2) is 0 Å². The number of para-hydroxylation sites is 1. The van der Waals surface area contributed by atoms with E-state index in [0.29, 0.717) is 13.1 Å². The number of fused-ring (bicyclic) bond motifs is 3. The van der Waals surface area contributed by atoms with Crippen LogP contribution in [0.4, 0.5) is 10.5 Å². The van der Waals surface area contributed by atoms with Crippen molar-refractivity contribution in [3.05, 3.63) is 29.8 Å². The summed E-state index contributed by atoms with van der Waals surface area (Å²) in [5.74, 6) is 0.774. The Hall–Kier alpha value is -2.37. The van der Waals surface area contributed by atoms with Gasteiger partial charge in [0.25, 0.3) is 0 Å². The van der Waals surface area contributed by atoms with Crippen molar-refractivity contribution in [2.45, 2.75) is 32.2 Å². The Morgan fingerprint density at radius 3 is 2.92 bits per heavy atom. The average Bonchev–Trinajstić information content (AvgIpc) is 3.09. The monoisotopic (exact) mass is 326 g/mol. The van der Waals surface area contributed by atoms with Gasteiger partial charge in [-0.25, -0.2) is 4.79 Å². The molecule has 1 saturated heterocycles. The van der Waals surface area contributed by atoms with E-state index < -0.39 is 0 Å². The third-order valence-electron chi connectivity index (χ3n) is 5.16. The lowest BCUT2D eigenvalue weighted by Crippen LogP contribution is -2.54. The first-order valence-electron chi connectivity index (χ1n) is 8.69. The van der Waals surface area contributed by atoms with Gasteiger partial charge >= 0.3 is 6.03 Å². The van der Waals surface area contributed by atoms with Crippen molar-refractivity contribution in [2.24, 2.45) is 4.99 Å². The fourth-order valence-corrected chi connectivity index (χ4v) is 3.86. The highest BCUT2D eigenvalue weighted by Gasteiger charge is 2.38. The Morgan fingerprint density at radius 1 is 1.25 bits per heavy atom. The number of rotatable bonds is 2. The van der Waals surface area contributed by atoms with Gasteiger partial charge in [0, 0.05) is 24.7 Å². The molecule has 24 heavy (non-hydrogen) atoms. The second kappa shape index (κ2) is 5.92. The Labute approximate surface area is 141 Å². The molecule has 6 nitrogen and oxygen atoms in total. The van der Waals surface area contributed by atoms with Gasteiger partial charge in [0.1, 0.15) is 12.4 Å². The van der Waals surface area contributed by atoms with Gasteiger partial charge in [-0.3, -0.25) is 19.6 Å². The minimum Gasteiger partial charge on any atom is -0.338 e. The Kier molecular flexibility index (Phi) is 3.75. The number of anilines is 1. The number of hydrogen-bond acceptors (Lipinski definition) is 3. The number of aliphatic imine (C=N–C) groups is 1. The first-order chi connectivity index (χ1) is 11.7. The lowest BCUT2D eigenvalue weighted by molar-refractivity contribution is -0.132. The molecule has 0 spiro atoms. The Bertz CT molecular complexity index is 715. The van der Waals surface area contributed by atoms with Crippen molar-refractivity contribution in [1.29, 1.82) is 0 Å². The molecular formula is C18H22N4O2. The molecule has 0 aliphatic carbocycles. The van der Waals surface area contributed by atoms with Crippen molar-refractivity contribution in [3.63, 3.8) is 0 Å². The molecular weight excluding hydrogens is 304 g/mol. The molecule has 3 heterocycles. The summed E-state index contributed by atoms with van der Waals surface area (Å²) in [4.78, 5) is 35.4. The number of nitrogens with zero attached hydrogens (tertiary/aromatic N) is 4. The third-order valence-corrected chi connectivity index (χ3v) is 5.16. The maximum Gasteiger partial charge on any atom is 0.330 e. The van der Waals surface area contributed by atoms with Crippen LogP contribution in [0.3, 0.4) is 0 Å². The third kappa shape index (κ3) is 2.37. The Morgan fingerprint density at radius 2 is 2.08 bits per heavy atom. The highest BCUT2D eigenvalue weighted by molar-refractivity contribution is 6.20. The van der Waals surface area contributed by atoms with E-state index in [1.807, 2.05) is 29.2 Å². The number of amides is 3. The normalized spacial score (nSPS) is 23.0. The van der Waals surface area contributed by atoms with E-state index in [9.17, 15) is 9.59 Å². The number of carbonyl (C=O) groups is 2. The zero-order valence-corrected chi connectivity index (χ0v) is 13.9. The van der Waals surface area contributed by atoms with E-state index in [1.54, 1.807) is 9.80 Å². The van der Waals surface area contributed by atoms with Gasteiger partial charge in [-0.2, -0.15) is 0 Å². The molecule has 0 radical (unpaired) electrons. The number of amidine groups is 1. The van der Waals surface area contributed by atoms with Crippen LogP contribution in [0.15, 0.2) is 29.3 Å². The van der Waals surface area contributed by atoms with Crippen LogP contribution in [-0.4, -0.2) is 59.8 Å². The summed E-state index contributed by atoms with van der Waals surface area (Å²) in [6.45, 7) is 4.20. The summed E-state index contributed by atoms with van der Waals surface area (Å²) < 4.78 is 0. The minimum absolute atomic E-state index is 0.0324. The zero-order valence-electron chi connectivity index (χ0n) is 13.9. The molecule has 3 aliphatic heterocycles. The van der Waals surface area contributed by atoms with E-state index in [-0.39, 0.29) is 24.5 Å². The first-order valence-corrected chi connectivity index (χ1v) is 8.69. The topological polar surface area (TPSA) is 56.2 Å². The predicted octanol–water partition coefficient (Wildman–Crippen LogP) is 2.09. The number of likely N-dealkylation sites (tertiary alicyclic amines) is 1. The maximum atomic E-state index is 12.9. The van der Waals surface area contributed by atoms with Gasteiger partial charge in [-0.1, -0.05) is 12.1 Å². The van der Waals surface area contributed by atoms with Crippen molar-refractivity contribution in [2.75, 3.05) is 31.1 Å². The molecule has 126 valence electrons. The van der Waals surface area contributed by atoms with Crippen molar-refractivity contribution in [3.8, 4) is 0 Å². The highest BCUT2D eigenvalue weighted by atomic mass is 16.2. The predicted molar refractivity (Wildman–Crippen MR) is 92.3 cm³/mol. The summed E-state index contributed by atoms with van der Waals surface area (Å²) in [7, 11) is 0. The van der Waals surface area contributed by atoms with Gasteiger partial charge in [-0.05, 0) is 38.3 Å². The van der Waals surface area contributed by atoms with Gasteiger partial charge in [0.05, 0.1) is 12.2 Å². The van der Waals surface area contributed by atoms with Gasteiger partial charge in [-0.15, -0.1) is 0 Å². The molecule has 3 aliphatic rings. The lowest BCUT2D eigenvalue weighted by atomic mass is 10.0. The van der Waals surface area contributed by atoms with E-state index >= 15 is 0 Å². The number of hydrogen-bond donors (Lipinski definition) is 0. The number of piperidine rings is 1. The smallest absolute Gasteiger partial charge is 0.330 e. The van der Waals surface area contributed by atoms with Crippen LogP contribution in [0.25, 0.3) is 0 Å². The van der Waals surface area contributed by atoms with Crippen LogP contribution >= 0.6 is 0 Å². The van der Waals surface area contributed by atoms with E-state index in [2.05, 4.69) is 11.9 Å². The number of urea groups is 1. The van der Waals surface area contributed by atoms with E-state index in [0.717, 1.165) is 36.5 Å². The first kappa shape index (κ1) is 15.2. The van der Waals surface area contributed by atoms with Crippen LogP contribution in [0, 0.1) is 0 Å². The molecule has 1 aromatic rings. The summed E-state index contributed by atoms with van der Waals surface area (Å²) in [5.41, 5.74) is 1.73. The molecule has 0 aromatic heterocycles. The number of benzene rings is 1. The fraction of sp³-hybridized carbons (Fsp3) is 0.500. The summed E-state index contributed by atoms with van der Waals surface area (Å²) in [6.07, 6.45) is 3.26. The van der Waals surface area contributed by atoms with Crippen LogP contribution < -0.4 is 4.90 Å². The summed E-state index contributed by atoms with van der Waals surface area (Å²) in [5, 5.41) is 0. The van der Waals surface area contributed by atoms with Crippen LogP contribution in [0.2, 0.25) is 0 Å². The summed E-state index contributed by atoms with van der Waals surface area (Å²) in [6, 6.07) is 7.84. The van der Waals surface area contributed by atoms with Crippen LogP contribution in [0.5, 0.6) is 0 Å². The average molecular weight is 326 g/mol. The van der Waals surface area contributed by atoms with Crippen LogP contribution in [0.1, 0.15) is 31.7 Å². The van der Waals surface area contributed by atoms with Crippen LogP contribution in [-0.2, 0) is 4.79 Å². The molecule has 0 saturated carbocycles. The van der Waals surface area contributed by atoms with Gasteiger partial charge < -0.3 is 4.90 Å². The second-order valence-electron chi connectivity index (χ2n) is 6.67. The molecule has 3 amide bonds. The maximum absolute atomic E-state index is 12.9. The molecule has 0 bridgehead atoms. The van der Waals surface area contributed by atoms with E-state index in [4.69, 9.17) is 0 Å². The molecule has 4 rings (SSSR count). The minimum atomic E-state index is -0.136. The van der Waals surface area contributed by atoms with Crippen molar-refractivity contribution in [1.82, 2.24) is 9.80 Å². The lowest BCUT2D eigenvalue weighted by Gasteiger charge is -2.38.